The van der Waals surface area contributed by atoms with Crippen LogP contribution in [0.25, 0.3) is 0 Å². The Labute approximate surface area is 77.9 Å². The minimum Gasteiger partial charge on any atom is -0.320 e. The average Bonchev–Trinajstić information content (AvgIpc) is 2.54. The highest BCUT2D eigenvalue weighted by Crippen LogP contribution is 2.07. The fourth-order valence-electron chi connectivity index (χ4n) is 1.04. The molecule has 0 aliphatic rings. The van der Waals surface area contributed by atoms with Crippen LogP contribution in [0.1, 0.15) is 37.5 Å². The Morgan fingerprint density at radius 2 is 2.46 bits per heavy atom. The molecule has 0 bridgehead atoms. The third kappa shape index (κ3) is 2.56. The Kier molecular flexibility index (Phi) is 3.47. The second kappa shape index (κ2) is 4.63. The van der Waals surface area contributed by atoms with Crippen molar-refractivity contribution in [1.82, 2.24) is 15.2 Å². The van der Waals surface area contributed by atoms with E-state index >= 15 is 0 Å². The Hall–Kier alpha value is -1.34. The molecule has 4 heteroatoms. The molecule has 1 heterocycles. The van der Waals surface area contributed by atoms with Crippen molar-refractivity contribution in [3.63, 3.8) is 0 Å². The van der Waals surface area contributed by atoms with E-state index in [-0.39, 0.29) is 6.04 Å². The van der Waals surface area contributed by atoms with Gasteiger partial charge in [0, 0.05) is 12.8 Å². The predicted molar refractivity (Wildman–Crippen MR) is 50.8 cm³/mol. The number of H-pyrrole nitrogens is 1. The summed E-state index contributed by atoms with van der Waals surface area (Å²) in [6.45, 7) is 2.09. The molecule has 0 fully saturated rings. The zero-order chi connectivity index (χ0) is 9.68. The van der Waals surface area contributed by atoms with Crippen LogP contribution in [0.2, 0.25) is 0 Å². The van der Waals surface area contributed by atoms with Crippen molar-refractivity contribution < 1.29 is 0 Å². The summed E-state index contributed by atoms with van der Waals surface area (Å²) >= 11 is 0. The topological polar surface area (TPSA) is 67.6 Å². The first-order valence-corrected chi connectivity index (χ1v) is 4.38. The Bertz CT molecular complexity index is 297. The molecule has 0 aliphatic heterocycles. The largest absolute Gasteiger partial charge is 0.320 e. The highest BCUT2D eigenvalue weighted by atomic mass is 15.2. The lowest BCUT2D eigenvalue weighted by Gasteiger charge is -1.99. The van der Waals surface area contributed by atoms with Gasteiger partial charge < -0.3 is 5.73 Å². The van der Waals surface area contributed by atoms with Gasteiger partial charge in [-0.05, 0) is 6.42 Å². The van der Waals surface area contributed by atoms with E-state index in [4.69, 9.17) is 12.2 Å². The van der Waals surface area contributed by atoms with Crippen LogP contribution < -0.4 is 5.73 Å². The molecule has 4 nitrogen and oxygen atoms in total. The monoisotopic (exact) mass is 178 g/mol. The summed E-state index contributed by atoms with van der Waals surface area (Å²) in [6, 6.07) is -0.244. The van der Waals surface area contributed by atoms with Crippen LogP contribution in [-0.2, 0) is 6.42 Å². The van der Waals surface area contributed by atoms with Crippen molar-refractivity contribution >= 4 is 0 Å². The van der Waals surface area contributed by atoms with Gasteiger partial charge in [-0.2, -0.15) is 5.10 Å². The van der Waals surface area contributed by atoms with Crippen LogP contribution in [0.5, 0.6) is 0 Å². The number of terminal acetylenes is 1. The predicted octanol–water partition coefficient (Wildman–Crippen LogP) is 0.780. The number of aromatic nitrogens is 3. The average molecular weight is 178 g/mol. The molecule has 1 atom stereocenters. The van der Waals surface area contributed by atoms with Crippen molar-refractivity contribution in [2.24, 2.45) is 5.73 Å². The molecule has 13 heavy (non-hydrogen) atoms. The zero-order valence-corrected chi connectivity index (χ0v) is 7.75. The van der Waals surface area contributed by atoms with Crippen molar-refractivity contribution in [3.8, 4) is 12.3 Å². The zero-order valence-electron chi connectivity index (χ0n) is 7.75. The molecular formula is C9H14N4. The summed E-state index contributed by atoms with van der Waals surface area (Å²) in [5, 5.41) is 6.83. The molecular weight excluding hydrogens is 164 g/mol. The van der Waals surface area contributed by atoms with Crippen LogP contribution >= 0.6 is 0 Å². The lowest BCUT2D eigenvalue weighted by Crippen LogP contribution is -2.11. The third-order valence-electron chi connectivity index (χ3n) is 1.71. The maximum absolute atomic E-state index is 5.73. The van der Waals surface area contributed by atoms with Gasteiger partial charge >= 0.3 is 0 Å². The fraction of sp³-hybridized carbons (Fsp3) is 0.556. The van der Waals surface area contributed by atoms with E-state index in [1.54, 1.807) is 0 Å². The summed E-state index contributed by atoms with van der Waals surface area (Å²) in [4.78, 5) is 4.23. The number of nitrogens with two attached hydrogens (primary N) is 1. The first-order valence-electron chi connectivity index (χ1n) is 4.38. The summed E-state index contributed by atoms with van der Waals surface area (Å²) in [6.07, 6.45) is 7.55. The molecule has 0 aliphatic carbocycles. The molecule has 1 aromatic rings. The van der Waals surface area contributed by atoms with Crippen molar-refractivity contribution in [1.29, 1.82) is 0 Å². The van der Waals surface area contributed by atoms with Gasteiger partial charge in [-0.25, -0.2) is 4.98 Å². The number of nitrogens with zero attached hydrogens (tertiary/aromatic N) is 2. The minimum absolute atomic E-state index is 0.244. The molecule has 3 N–H and O–H groups in total. The highest BCUT2D eigenvalue weighted by molar-refractivity contribution is 5.01. The van der Waals surface area contributed by atoms with E-state index < -0.39 is 0 Å². The van der Waals surface area contributed by atoms with Gasteiger partial charge in [-0.15, -0.1) is 12.3 Å². The number of aryl methyl sites for hydroxylation is 1. The fourth-order valence-corrected chi connectivity index (χ4v) is 1.04. The summed E-state index contributed by atoms with van der Waals surface area (Å²) in [5.41, 5.74) is 5.73. The molecule has 1 unspecified atom stereocenters. The number of rotatable bonds is 4. The Balaban J connectivity index is 2.63. The molecule has 0 radical (unpaired) electrons. The summed E-state index contributed by atoms with van der Waals surface area (Å²) < 4.78 is 0. The SMILES string of the molecule is C#CCC(N)c1n[nH]c(CCC)n1. The van der Waals surface area contributed by atoms with E-state index in [9.17, 15) is 0 Å². The van der Waals surface area contributed by atoms with Crippen LogP contribution in [0.15, 0.2) is 0 Å². The highest BCUT2D eigenvalue weighted by Gasteiger charge is 2.09. The molecule has 0 aromatic carbocycles. The second-order valence-corrected chi connectivity index (χ2v) is 2.91. The molecule has 0 amide bonds. The lowest BCUT2D eigenvalue weighted by atomic mass is 10.2. The van der Waals surface area contributed by atoms with E-state index in [1.165, 1.54) is 0 Å². The summed E-state index contributed by atoms with van der Waals surface area (Å²) in [7, 11) is 0. The van der Waals surface area contributed by atoms with Gasteiger partial charge in [0.2, 0.25) is 0 Å². The van der Waals surface area contributed by atoms with Crippen LogP contribution in [0.3, 0.4) is 0 Å². The van der Waals surface area contributed by atoms with Crippen LogP contribution in [0.4, 0.5) is 0 Å². The standard InChI is InChI=1S/C9H14N4/c1-3-5-7(10)9-11-8(6-4-2)12-13-9/h1,7H,4-6,10H2,2H3,(H,11,12,13). The molecule has 70 valence electrons. The van der Waals surface area contributed by atoms with Crippen molar-refractivity contribution in [2.75, 3.05) is 0 Å². The van der Waals surface area contributed by atoms with Crippen LogP contribution in [0, 0.1) is 12.3 Å². The number of hydrogen-bond acceptors (Lipinski definition) is 3. The van der Waals surface area contributed by atoms with Gasteiger partial charge in [0.05, 0.1) is 6.04 Å². The maximum atomic E-state index is 5.73. The lowest BCUT2D eigenvalue weighted by molar-refractivity contribution is 0.695. The van der Waals surface area contributed by atoms with Crippen LogP contribution in [-0.4, -0.2) is 15.2 Å². The molecule has 1 rings (SSSR count). The minimum atomic E-state index is -0.244. The third-order valence-corrected chi connectivity index (χ3v) is 1.71. The normalized spacial score (nSPS) is 12.4. The van der Waals surface area contributed by atoms with Gasteiger partial charge in [0.1, 0.15) is 5.82 Å². The van der Waals surface area contributed by atoms with Gasteiger partial charge in [-0.3, -0.25) is 5.10 Å². The molecule has 0 spiro atoms. The first kappa shape index (κ1) is 9.75. The number of hydrogen-bond donors (Lipinski definition) is 2. The Morgan fingerprint density at radius 3 is 3.08 bits per heavy atom. The van der Waals surface area contributed by atoms with Crippen molar-refractivity contribution in [3.05, 3.63) is 11.6 Å². The number of nitrogens with one attached hydrogen (secondary N) is 1. The Morgan fingerprint density at radius 1 is 1.69 bits per heavy atom. The van der Waals surface area contributed by atoms with E-state index in [2.05, 4.69) is 28.0 Å². The first-order chi connectivity index (χ1) is 6.27. The quantitative estimate of drug-likeness (QED) is 0.669. The van der Waals surface area contributed by atoms with Gasteiger partial charge in [-0.1, -0.05) is 6.92 Å². The number of aromatic amines is 1. The van der Waals surface area contributed by atoms with E-state index in [0.717, 1.165) is 18.7 Å². The van der Waals surface area contributed by atoms with Gasteiger partial charge in [0.25, 0.3) is 0 Å². The van der Waals surface area contributed by atoms with E-state index in [1.807, 2.05) is 0 Å². The maximum Gasteiger partial charge on any atom is 0.168 e. The molecule has 0 saturated heterocycles. The van der Waals surface area contributed by atoms with Crippen molar-refractivity contribution in [2.45, 2.75) is 32.2 Å². The van der Waals surface area contributed by atoms with E-state index in [0.29, 0.717) is 12.2 Å². The molecule has 0 saturated carbocycles. The smallest absolute Gasteiger partial charge is 0.168 e. The van der Waals surface area contributed by atoms with Gasteiger partial charge in [0.15, 0.2) is 5.82 Å². The summed E-state index contributed by atoms with van der Waals surface area (Å²) in [5.74, 6) is 3.98. The second-order valence-electron chi connectivity index (χ2n) is 2.91. The molecule has 1 aromatic heterocycles.